The van der Waals surface area contributed by atoms with Crippen molar-refractivity contribution in [2.75, 3.05) is 24.6 Å². The Morgan fingerprint density at radius 3 is 2.63 bits per heavy atom. The standard InChI is InChI=1S/C23H28N2O4S/c1-4-8-19(26)24-22-20(23(28)29-5-2)21(27)18(30-22)14-16-9-10-17(15(3)13-16)25-11-6-7-12-25/h9-10,13-14,27H,4-8,11-12H2,1-3H3/b18-14-,24-22?. The molecule has 3 rings (SSSR count). The molecule has 1 fully saturated rings. The van der Waals surface area contributed by atoms with E-state index in [1.165, 1.54) is 18.5 Å². The highest BCUT2D eigenvalue weighted by Crippen LogP contribution is 2.39. The smallest absolute Gasteiger partial charge is 0.344 e. The number of aryl methyl sites for hydroxylation is 1. The molecule has 1 aromatic carbocycles. The number of hydrogen-bond acceptors (Lipinski definition) is 6. The second-order valence-electron chi connectivity index (χ2n) is 7.36. The molecule has 7 heteroatoms. The van der Waals surface area contributed by atoms with Crippen molar-refractivity contribution in [3.63, 3.8) is 0 Å². The molecule has 0 bridgehead atoms. The molecule has 0 aromatic heterocycles. The minimum Gasteiger partial charge on any atom is -0.506 e. The van der Waals surface area contributed by atoms with Gasteiger partial charge in [-0.2, -0.15) is 0 Å². The van der Waals surface area contributed by atoms with E-state index in [2.05, 4.69) is 28.9 Å². The van der Waals surface area contributed by atoms with Gasteiger partial charge in [-0.1, -0.05) is 24.8 Å². The second kappa shape index (κ2) is 9.98. The summed E-state index contributed by atoms with van der Waals surface area (Å²) in [6, 6.07) is 6.16. The molecule has 160 valence electrons. The minimum atomic E-state index is -0.672. The van der Waals surface area contributed by atoms with Crippen molar-refractivity contribution in [1.29, 1.82) is 0 Å². The third-order valence-electron chi connectivity index (χ3n) is 5.03. The van der Waals surface area contributed by atoms with Crippen molar-refractivity contribution in [2.45, 2.75) is 46.5 Å². The van der Waals surface area contributed by atoms with Gasteiger partial charge >= 0.3 is 5.97 Å². The van der Waals surface area contributed by atoms with Gasteiger partial charge in [-0.25, -0.2) is 9.79 Å². The number of ether oxygens (including phenoxy) is 1. The van der Waals surface area contributed by atoms with Crippen LogP contribution in [0.3, 0.4) is 0 Å². The number of aliphatic hydroxyl groups is 1. The van der Waals surface area contributed by atoms with Gasteiger partial charge in [0.25, 0.3) is 0 Å². The molecule has 0 spiro atoms. The van der Waals surface area contributed by atoms with Crippen molar-refractivity contribution in [3.8, 4) is 0 Å². The fourth-order valence-corrected chi connectivity index (χ4v) is 4.64. The van der Waals surface area contributed by atoms with Crippen molar-refractivity contribution >= 4 is 40.4 Å². The molecule has 0 aliphatic carbocycles. The number of anilines is 1. The van der Waals surface area contributed by atoms with Crippen LogP contribution >= 0.6 is 11.8 Å². The van der Waals surface area contributed by atoms with Crippen LogP contribution < -0.4 is 4.90 Å². The zero-order valence-corrected chi connectivity index (χ0v) is 18.6. The largest absolute Gasteiger partial charge is 0.506 e. The lowest BCUT2D eigenvalue weighted by molar-refractivity contribution is -0.138. The molecule has 2 aliphatic heterocycles. The Hall–Kier alpha value is -2.54. The van der Waals surface area contributed by atoms with Gasteiger partial charge in [0.2, 0.25) is 5.91 Å². The van der Waals surface area contributed by atoms with E-state index in [0.29, 0.717) is 11.3 Å². The van der Waals surface area contributed by atoms with Crippen LogP contribution in [0.2, 0.25) is 0 Å². The van der Waals surface area contributed by atoms with Crippen LogP contribution in [-0.4, -0.2) is 41.7 Å². The first-order valence-electron chi connectivity index (χ1n) is 10.4. The van der Waals surface area contributed by atoms with E-state index in [4.69, 9.17) is 4.74 Å². The Morgan fingerprint density at radius 2 is 2.00 bits per heavy atom. The van der Waals surface area contributed by atoms with Gasteiger partial charge in [0.05, 0.1) is 11.5 Å². The molecular weight excluding hydrogens is 400 g/mol. The monoisotopic (exact) mass is 428 g/mol. The van der Waals surface area contributed by atoms with Crippen LogP contribution in [0.4, 0.5) is 5.69 Å². The molecule has 30 heavy (non-hydrogen) atoms. The van der Waals surface area contributed by atoms with E-state index in [9.17, 15) is 14.7 Å². The van der Waals surface area contributed by atoms with Gasteiger partial charge in [0.1, 0.15) is 16.4 Å². The summed E-state index contributed by atoms with van der Waals surface area (Å²) >= 11 is 1.12. The van der Waals surface area contributed by atoms with Gasteiger partial charge in [-0.3, -0.25) is 4.79 Å². The Labute approximate surface area is 181 Å². The number of thioether (sulfide) groups is 1. The van der Waals surface area contributed by atoms with Crippen LogP contribution in [0.5, 0.6) is 0 Å². The maximum Gasteiger partial charge on any atom is 0.344 e. The number of esters is 1. The topological polar surface area (TPSA) is 79.2 Å². The van der Waals surface area contributed by atoms with Gasteiger partial charge in [0, 0.05) is 25.2 Å². The van der Waals surface area contributed by atoms with Crippen molar-refractivity contribution in [2.24, 2.45) is 4.99 Å². The third-order valence-corrected chi connectivity index (χ3v) is 6.05. The summed E-state index contributed by atoms with van der Waals surface area (Å²) in [6.45, 7) is 7.99. The van der Waals surface area contributed by atoms with Crippen LogP contribution in [0.1, 0.15) is 50.7 Å². The Kier molecular flexibility index (Phi) is 7.37. The molecule has 0 radical (unpaired) electrons. The van der Waals surface area contributed by atoms with Gasteiger partial charge in [-0.05, 0) is 62.4 Å². The van der Waals surface area contributed by atoms with Crippen molar-refractivity contribution < 1.29 is 19.4 Å². The van der Waals surface area contributed by atoms with E-state index in [-0.39, 0.29) is 35.3 Å². The van der Waals surface area contributed by atoms with E-state index in [1.807, 2.05) is 19.1 Å². The fourth-order valence-electron chi connectivity index (χ4n) is 3.61. The highest BCUT2D eigenvalue weighted by Gasteiger charge is 2.33. The number of nitrogens with zero attached hydrogens (tertiary/aromatic N) is 2. The summed E-state index contributed by atoms with van der Waals surface area (Å²) in [5, 5.41) is 10.9. The first kappa shape index (κ1) is 22.2. The normalized spacial score (nSPS) is 19.2. The maximum absolute atomic E-state index is 12.4. The lowest BCUT2D eigenvalue weighted by Crippen LogP contribution is -2.18. The maximum atomic E-state index is 12.4. The highest BCUT2D eigenvalue weighted by molar-refractivity contribution is 8.18. The lowest BCUT2D eigenvalue weighted by Gasteiger charge is -2.20. The van der Waals surface area contributed by atoms with E-state index in [0.717, 1.165) is 36.0 Å². The average Bonchev–Trinajstić information content (AvgIpc) is 3.31. The SMILES string of the molecule is CCCC(=O)N=C1S/C(=C\c2ccc(N3CCCC3)c(C)c2)C(O)=C1C(=O)OCC. The van der Waals surface area contributed by atoms with E-state index in [1.54, 1.807) is 6.92 Å². The third kappa shape index (κ3) is 4.95. The zero-order valence-electron chi connectivity index (χ0n) is 17.7. The first-order chi connectivity index (χ1) is 14.4. The minimum absolute atomic E-state index is 0.0389. The average molecular weight is 429 g/mol. The van der Waals surface area contributed by atoms with Gasteiger partial charge < -0.3 is 14.7 Å². The highest BCUT2D eigenvalue weighted by atomic mass is 32.2. The van der Waals surface area contributed by atoms with Crippen LogP contribution in [0.25, 0.3) is 6.08 Å². The van der Waals surface area contributed by atoms with Crippen molar-refractivity contribution in [1.82, 2.24) is 0 Å². The molecule has 1 N–H and O–H groups in total. The van der Waals surface area contributed by atoms with Gasteiger partial charge in [-0.15, -0.1) is 0 Å². The second-order valence-corrected chi connectivity index (χ2v) is 8.39. The predicted octanol–water partition coefficient (Wildman–Crippen LogP) is 4.78. The molecule has 2 aliphatic rings. The Morgan fingerprint density at radius 1 is 1.27 bits per heavy atom. The number of benzene rings is 1. The molecule has 0 unspecified atom stereocenters. The molecule has 2 heterocycles. The van der Waals surface area contributed by atoms with Crippen LogP contribution in [-0.2, 0) is 14.3 Å². The molecule has 1 saturated heterocycles. The molecule has 0 saturated carbocycles. The zero-order chi connectivity index (χ0) is 21.7. The summed E-state index contributed by atoms with van der Waals surface area (Å²) in [5.74, 6) is -1.18. The Balaban J connectivity index is 1.92. The van der Waals surface area contributed by atoms with E-state index < -0.39 is 5.97 Å². The predicted molar refractivity (Wildman–Crippen MR) is 122 cm³/mol. The fraction of sp³-hybridized carbons (Fsp3) is 0.435. The summed E-state index contributed by atoms with van der Waals surface area (Å²) in [5.41, 5.74) is 3.26. The molecule has 6 nitrogen and oxygen atoms in total. The summed E-state index contributed by atoms with van der Waals surface area (Å²) in [4.78, 5) is 31.3. The quantitative estimate of drug-likeness (QED) is 0.657. The summed E-state index contributed by atoms with van der Waals surface area (Å²) in [7, 11) is 0. The van der Waals surface area contributed by atoms with Crippen molar-refractivity contribution in [3.05, 3.63) is 45.6 Å². The molecule has 1 aromatic rings. The van der Waals surface area contributed by atoms with Crippen LogP contribution in [0, 0.1) is 6.92 Å². The summed E-state index contributed by atoms with van der Waals surface area (Å²) in [6.07, 6.45) is 5.20. The number of amides is 1. The summed E-state index contributed by atoms with van der Waals surface area (Å²) < 4.78 is 5.06. The number of rotatable bonds is 6. The number of aliphatic imine (C=N–C) groups is 1. The number of carbonyl (C=O) groups excluding carboxylic acids is 2. The number of carbonyl (C=O) groups is 2. The molecular formula is C23H28N2O4S. The van der Waals surface area contributed by atoms with Gasteiger partial charge in [0.15, 0.2) is 0 Å². The number of hydrogen-bond donors (Lipinski definition) is 1. The molecule has 0 atom stereocenters. The van der Waals surface area contributed by atoms with Crippen LogP contribution in [0.15, 0.2) is 39.4 Å². The van der Waals surface area contributed by atoms with E-state index >= 15 is 0 Å². The number of aliphatic hydroxyl groups excluding tert-OH is 1. The lowest BCUT2D eigenvalue weighted by atomic mass is 10.1. The molecule has 1 amide bonds. The first-order valence-corrected chi connectivity index (χ1v) is 11.2. The Bertz CT molecular complexity index is 927.